The zero-order valence-corrected chi connectivity index (χ0v) is 12.8. The first-order valence-corrected chi connectivity index (χ1v) is 7.90. The lowest BCUT2D eigenvalue weighted by molar-refractivity contribution is 0.193. The van der Waals surface area contributed by atoms with E-state index in [0.717, 1.165) is 30.5 Å². The molecule has 114 valence electrons. The molecule has 2 rings (SSSR count). The van der Waals surface area contributed by atoms with E-state index in [1.54, 1.807) is 0 Å². The van der Waals surface area contributed by atoms with E-state index in [4.69, 9.17) is 9.84 Å². The lowest BCUT2D eigenvalue weighted by Crippen LogP contribution is -2.32. The molecule has 1 unspecified atom stereocenters. The van der Waals surface area contributed by atoms with E-state index in [0.29, 0.717) is 6.42 Å². The van der Waals surface area contributed by atoms with Crippen molar-refractivity contribution < 1.29 is 9.84 Å². The van der Waals surface area contributed by atoms with Crippen molar-refractivity contribution in [3.05, 3.63) is 29.8 Å². The maximum absolute atomic E-state index is 8.73. The maximum Gasteiger partial charge on any atom is 0.120 e. The number of ether oxygens (including phenoxy) is 1. The van der Waals surface area contributed by atoms with Gasteiger partial charge in [0, 0.05) is 24.6 Å². The third-order valence-electron chi connectivity index (χ3n) is 3.92. The van der Waals surface area contributed by atoms with Crippen molar-refractivity contribution in [3.63, 3.8) is 0 Å². The van der Waals surface area contributed by atoms with Crippen LogP contribution in [0.5, 0.6) is 5.75 Å². The second-order valence-electron chi connectivity index (χ2n) is 5.39. The number of benzene rings is 1. The monoisotopic (exact) mass is 287 g/mol. The second-order valence-corrected chi connectivity index (χ2v) is 5.39. The lowest BCUT2D eigenvalue weighted by Gasteiger charge is -2.23. The number of nitrogens with zero attached hydrogens (tertiary/aromatic N) is 1. The molecule has 1 saturated heterocycles. The molecule has 1 N–H and O–H groups in total. The summed E-state index contributed by atoms with van der Waals surface area (Å²) in [5.74, 6) is 6.84. The van der Waals surface area contributed by atoms with E-state index in [1.165, 1.54) is 25.8 Å². The first-order valence-electron chi connectivity index (χ1n) is 7.90. The standard InChI is InChI=1S/C18H25NO2/c1-2-17-9-6-11-19(17)12-14-21-18-10-5-8-16(15-18)7-3-4-13-20/h5,8,10,15,17,20H,2,4,6,9,11-14H2,1H3. The van der Waals surface area contributed by atoms with Crippen molar-refractivity contribution in [1.29, 1.82) is 0 Å². The summed E-state index contributed by atoms with van der Waals surface area (Å²) in [5.41, 5.74) is 0.938. The molecule has 0 saturated carbocycles. The Balaban J connectivity index is 1.80. The average molecular weight is 287 g/mol. The van der Waals surface area contributed by atoms with Gasteiger partial charge in [0.05, 0.1) is 6.61 Å². The van der Waals surface area contributed by atoms with Crippen LogP contribution in [0.3, 0.4) is 0 Å². The van der Waals surface area contributed by atoms with Gasteiger partial charge in [0.15, 0.2) is 0 Å². The summed E-state index contributed by atoms with van der Waals surface area (Å²) < 4.78 is 5.85. The molecule has 0 amide bonds. The third kappa shape index (κ3) is 5.08. The number of hydrogen-bond donors (Lipinski definition) is 1. The lowest BCUT2D eigenvalue weighted by atomic mass is 10.2. The SMILES string of the molecule is CCC1CCCN1CCOc1cccc(C#CCCO)c1. The fourth-order valence-electron chi connectivity index (χ4n) is 2.82. The van der Waals surface area contributed by atoms with Gasteiger partial charge in [-0.25, -0.2) is 0 Å². The molecule has 1 heterocycles. The largest absolute Gasteiger partial charge is 0.492 e. The molecule has 1 aromatic rings. The molecule has 21 heavy (non-hydrogen) atoms. The first-order chi connectivity index (χ1) is 10.3. The Morgan fingerprint density at radius 1 is 1.43 bits per heavy atom. The Hall–Kier alpha value is -1.50. The molecule has 1 fully saturated rings. The molecule has 1 aromatic carbocycles. The highest BCUT2D eigenvalue weighted by molar-refractivity contribution is 5.39. The van der Waals surface area contributed by atoms with Crippen molar-refractivity contribution in [1.82, 2.24) is 4.90 Å². The van der Waals surface area contributed by atoms with Crippen LogP contribution >= 0.6 is 0 Å². The van der Waals surface area contributed by atoms with Crippen LogP contribution < -0.4 is 4.74 Å². The van der Waals surface area contributed by atoms with Crippen molar-refractivity contribution >= 4 is 0 Å². The van der Waals surface area contributed by atoms with E-state index in [1.807, 2.05) is 24.3 Å². The topological polar surface area (TPSA) is 32.7 Å². The van der Waals surface area contributed by atoms with E-state index >= 15 is 0 Å². The van der Waals surface area contributed by atoms with Crippen LogP contribution in [0, 0.1) is 11.8 Å². The predicted octanol–water partition coefficient (Wildman–Crippen LogP) is 2.67. The number of rotatable bonds is 6. The fourth-order valence-corrected chi connectivity index (χ4v) is 2.82. The van der Waals surface area contributed by atoms with Crippen LogP contribution in [0.25, 0.3) is 0 Å². The van der Waals surface area contributed by atoms with Crippen molar-refractivity contribution in [2.24, 2.45) is 0 Å². The van der Waals surface area contributed by atoms with Crippen LogP contribution in [0.2, 0.25) is 0 Å². The number of aliphatic hydroxyl groups is 1. The zero-order chi connectivity index (χ0) is 14.9. The third-order valence-corrected chi connectivity index (χ3v) is 3.92. The summed E-state index contributed by atoms with van der Waals surface area (Å²) in [6.07, 6.45) is 4.38. The number of hydrogen-bond acceptors (Lipinski definition) is 3. The summed E-state index contributed by atoms with van der Waals surface area (Å²) in [7, 11) is 0. The van der Waals surface area contributed by atoms with Gasteiger partial charge in [-0.1, -0.05) is 24.8 Å². The molecule has 0 aliphatic carbocycles. The van der Waals surface area contributed by atoms with Gasteiger partial charge < -0.3 is 9.84 Å². The Bertz CT molecular complexity index is 489. The molecule has 0 bridgehead atoms. The zero-order valence-electron chi connectivity index (χ0n) is 12.8. The van der Waals surface area contributed by atoms with Crippen LogP contribution in [-0.4, -0.2) is 42.4 Å². The smallest absolute Gasteiger partial charge is 0.120 e. The van der Waals surface area contributed by atoms with Crippen LogP contribution in [0.1, 0.15) is 38.2 Å². The minimum Gasteiger partial charge on any atom is -0.492 e. The number of aliphatic hydroxyl groups excluding tert-OH is 1. The molecule has 3 nitrogen and oxygen atoms in total. The molecule has 1 aliphatic heterocycles. The van der Waals surface area contributed by atoms with E-state index in [2.05, 4.69) is 23.7 Å². The van der Waals surface area contributed by atoms with Gasteiger partial charge in [-0.05, 0) is 44.0 Å². The van der Waals surface area contributed by atoms with E-state index in [-0.39, 0.29) is 6.61 Å². The van der Waals surface area contributed by atoms with Gasteiger partial charge in [0.2, 0.25) is 0 Å². The van der Waals surface area contributed by atoms with Gasteiger partial charge in [0.1, 0.15) is 12.4 Å². The highest BCUT2D eigenvalue weighted by atomic mass is 16.5. The minimum absolute atomic E-state index is 0.109. The summed E-state index contributed by atoms with van der Waals surface area (Å²) in [6.45, 7) is 5.30. The molecular formula is C18H25NO2. The van der Waals surface area contributed by atoms with Crippen LogP contribution in [-0.2, 0) is 0 Å². The van der Waals surface area contributed by atoms with Gasteiger partial charge >= 0.3 is 0 Å². The summed E-state index contributed by atoms with van der Waals surface area (Å²) in [5, 5.41) is 8.73. The Labute approximate surface area is 127 Å². The predicted molar refractivity (Wildman–Crippen MR) is 85.4 cm³/mol. The highest BCUT2D eigenvalue weighted by Gasteiger charge is 2.21. The maximum atomic E-state index is 8.73. The van der Waals surface area contributed by atoms with Gasteiger partial charge in [-0.3, -0.25) is 4.90 Å². The Morgan fingerprint density at radius 3 is 3.14 bits per heavy atom. The quantitative estimate of drug-likeness (QED) is 0.817. The van der Waals surface area contributed by atoms with E-state index < -0.39 is 0 Å². The molecule has 0 spiro atoms. The number of likely N-dealkylation sites (tertiary alicyclic amines) is 1. The summed E-state index contributed by atoms with van der Waals surface area (Å²) in [4.78, 5) is 2.53. The summed E-state index contributed by atoms with van der Waals surface area (Å²) >= 11 is 0. The average Bonchev–Trinajstić information content (AvgIpc) is 2.96. The van der Waals surface area contributed by atoms with Crippen molar-refractivity contribution in [2.75, 3.05) is 26.3 Å². The Kier molecular flexibility index (Phi) is 6.59. The fraction of sp³-hybridized carbons (Fsp3) is 0.556. The normalized spacial score (nSPS) is 18.3. The highest BCUT2D eigenvalue weighted by Crippen LogP contribution is 2.19. The molecule has 0 radical (unpaired) electrons. The molecule has 1 atom stereocenters. The van der Waals surface area contributed by atoms with Gasteiger partial charge in [-0.2, -0.15) is 0 Å². The van der Waals surface area contributed by atoms with Crippen molar-refractivity contribution in [3.8, 4) is 17.6 Å². The molecular weight excluding hydrogens is 262 g/mol. The van der Waals surface area contributed by atoms with E-state index in [9.17, 15) is 0 Å². The van der Waals surface area contributed by atoms with Gasteiger partial charge in [0.25, 0.3) is 0 Å². The minimum atomic E-state index is 0.109. The first kappa shape index (κ1) is 15.9. The molecule has 3 heteroatoms. The molecule has 1 aliphatic rings. The Morgan fingerprint density at radius 2 is 2.33 bits per heavy atom. The van der Waals surface area contributed by atoms with Crippen LogP contribution in [0.15, 0.2) is 24.3 Å². The molecule has 0 aromatic heterocycles. The summed E-state index contributed by atoms with van der Waals surface area (Å²) in [6, 6.07) is 8.60. The van der Waals surface area contributed by atoms with Crippen LogP contribution in [0.4, 0.5) is 0 Å². The van der Waals surface area contributed by atoms with Gasteiger partial charge in [-0.15, -0.1) is 0 Å². The second kappa shape index (κ2) is 8.71. The van der Waals surface area contributed by atoms with Crippen molar-refractivity contribution in [2.45, 2.75) is 38.6 Å².